The van der Waals surface area contributed by atoms with Crippen molar-refractivity contribution in [2.75, 3.05) is 19.5 Å². The summed E-state index contributed by atoms with van der Waals surface area (Å²) in [6.45, 7) is 1.87. The molecule has 1 aliphatic rings. The number of anilines is 2. The summed E-state index contributed by atoms with van der Waals surface area (Å²) in [7, 11) is 3.13. The van der Waals surface area contributed by atoms with Crippen LogP contribution in [0.25, 0.3) is 0 Å². The third-order valence-electron chi connectivity index (χ3n) is 4.54. The van der Waals surface area contributed by atoms with Crippen LogP contribution >= 0.6 is 0 Å². The smallest absolute Gasteiger partial charge is 0.327 e. The summed E-state index contributed by atoms with van der Waals surface area (Å²) in [6.07, 6.45) is 0. The lowest BCUT2D eigenvalue weighted by Crippen LogP contribution is -2.32. The van der Waals surface area contributed by atoms with Crippen molar-refractivity contribution >= 4 is 11.6 Å². The molecule has 0 fully saturated rings. The number of rotatable bonds is 3. The molecular weight excluding hydrogens is 338 g/mol. The second kappa shape index (κ2) is 5.80. The van der Waals surface area contributed by atoms with E-state index in [9.17, 15) is 9.59 Å². The van der Waals surface area contributed by atoms with Gasteiger partial charge >= 0.3 is 5.69 Å². The first kappa shape index (κ1) is 16.0. The molecule has 4 N–H and O–H groups in total. The lowest BCUT2D eigenvalue weighted by Gasteiger charge is -2.27. The summed E-state index contributed by atoms with van der Waals surface area (Å²) in [5.74, 6) is 1.59. The number of H-pyrrole nitrogens is 3. The average molecular weight is 355 g/mol. The van der Waals surface area contributed by atoms with Gasteiger partial charge in [-0.05, 0) is 25.1 Å². The fraction of sp³-hybridized carbons (Fsp3) is 0.235. The zero-order valence-electron chi connectivity index (χ0n) is 14.4. The molecular formula is C17H17N5O4. The number of nitrogens with one attached hydrogen (secondary N) is 4. The van der Waals surface area contributed by atoms with Crippen LogP contribution in [0.1, 0.15) is 28.3 Å². The highest BCUT2D eigenvalue weighted by atomic mass is 16.5. The van der Waals surface area contributed by atoms with Gasteiger partial charge in [-0.15, -0.1) is 0 Å². The van der Waals surface area contributed by atoms with Crippen LogP contribution in [0.2, 0.25) is 0 Å². The third-order valence-corrected chi connectivity index (χ3v) is 4.54. The van der Waals surface area contributed by atoms with Crippen LogP contribution in [0.15, 0.2) is 27.8 Å². The van der Waals surface area contributed by atoms with E-state index >= 15 is 0 Å². The Labute approximate surface area is 147 Å². The molecule has 3 aromatic rings. The summed E-state index contributed by atoms with van der Waals surface area (Å²) in [6, 6.07) is 5.38. The number of nitrogens with zero attached hydrogens (tertiary/aromatic N) is 1. The second-order valence-corrected chi connectivity index (χ2v) is 5.97. The van der Waals surface area contributed by atoms with Crippen molar-refractivity contribution in [3.05, 3.63) is 61.4 Å². The monoisotopic (exact) mass is 355 g/mol. The molecule has 2 aromatic heterocycles. The highest BCUT2D eigenvalue weighted by Crippen LogP contribution is 2.46. The first-order valence-corrected chi connectivity index (χ1v) is 7.93. The lowest BCUT2D eigenvalue weighted by molar-refractivity contribution is 0.398. The molecule has 26 heavy (non-hydrogen) atoms. The van der Waals surface area contributed by atoms with Gasteiger partial charge in [0.15, 0.2) is 5.82 Å². The largest absolute Gasteiger partial charge is 0.497 e. The van der Waals surface area contributed by atoms with Gasteiger partial charge in [0.2, 0.25) is 0 Å². The molecule has 0 radical (unpaired) electrons. The summed E-state index contributed by atoms with van der Waals surface area (Å²) in [4.78, 5) is 29.3. The Hall–Kier alpha value is -3.49. The van der Waals surface area contributed by atoms with Gasteiger partial charge in [0, 0.05) is 16.8 Å². The molecule has 0 spiro atoms. The van der Waals surface area contributed by atoms with E-state index in [4.69, 9.17) is 9.47 Å². The highest BCUT2D eigenvalue weighted by Gasteiger charge is 2.35. The number of aromatic amines is 3. The average Bonchev–Trinajstić information content (AvgIpc) is 2.99. The van der Waals surface area contributed by atoms with Crippen molar-refractivity contribution in [1.82, 2.24) is 20.2 Å². The Balaban J connectivity index is 2.08. The van der Waals surface area contributed by atoms with E-state index in [1.54, 1.807) is 26.4 Å². The molecule has 0 saturated carbocycles. The van der Waals surface area contributed by atoms with Gasteiger partial charge in [-0.25, -0.2) is 4.79 Å². The molecule has 1 aromatic carbocycles. The Bertz CT molecular complexity index is 1110. The molecule has 1 unspecified atom stereocenters. The van der Waals surface area contributed by atoms with E-state index in [-0.39, 0.29) is 0 Å². The molecule has 9 nitrogen and oxygen atoms in total. The van der Waals surface area contributed by atoms with Crippen LogP contribution < -0.4 is 26.0 Å². The molecule has 4 rings (SSSR count). The van der Waals surface area contributed by atoms with Gasteiger partial charge in [-0.2, -0.15) is 5.10 Å². The van der Waals surface area contributed by atoms with E-state index in [0.29, 0.717) is 28.7 Å². The molecule has 0 bridgehead atoms. The summed E-state index contributed by atoms with van der Waals surface area (Å²) in [5, 5.41) is 10.2. The third kappa shape index (κ3) is 2.28. The minimum atomic E-state index is -0.590. The summed E-state index contributed by atoms with van der Waals surface area (Å²) >= 11 is 0. The molecule has 134 valence electrons. The van der Waals surface area contributed by atoms with Gasteiger partial charge in [-0.3, -0.25) is 19.9 Å². The van der Waals surface area contributed by atoms with E-state index in [2.05, 4.69) is 25.5 Å². The van der Waals surface area contributed by atoms with Gasteiger partial charge in [0.1, 0.15) is 17.3 Å². The van der Waals surface area contributed by atoms with Crippen molar-refractivity contribution in [3.63, 3.8) is 0 Å². The summed E-state index contributed by atoms with van der Waals surface area (Å²) < 4.78 is 10.9. The SMILES string of the molecule is COc1ccc(OC)c(C2c3c(n[nH]c3C)Nc3[nH]c(=O)[nH]c(=O)c32)c1. The molecule has 3 heterocycles. The molecule has 1 atom stereocenters. The number of hydrogen-bond donors (Lipinski definition) is 4. The number of benzene rings is 1. The van der Waals surface area contributed by atoms with Crippen LogP contribution in [-0.4, -0.2) is 34.4 Å². The van der Waals surface area contributed by atoms with E-state index in [0.717, 1.165) is 16.8 Å². The quantitative estimate of drug-likeness (QED) is 0.440. The maximum Gasteiger partial charge on any atom is 0.327 e. The Kier molecular flexibility index (Phi) is 3.57. The Morgan fingerprint density at radius 1 is 1.08 bits per heavy atom. The number of aryl methyl sites for hydroxylation is 1. The Morgan fingerprint density at radius 2 is 1.88 bits per heavy atom. The topological polar surface area (TPSA) is 125 Å². The van der Waals surface area contributed by atoms with E-state index in [1.165, 1.54) is 0 Å². The van der Waals surface area contributed by atoms with E-state index in [1.807, 2.05) is 13.0 Å². The molecule has 1 aliphatic heterocycles. The minimum absolute atomic E-state index is 0.313. The van der Waals surface area contributed by atoms with Crippen LogP contribution in [0, 0.1) is 6.92 Å². The molecule has 0 aliphatic carbocycles. The lowest BCUT2D eigenvalue weighted by atomic mass is 9.83. The van der Waals surface area contributed by atoms with Crippen LogP contribution in [-0.2, 0) is 0 Å². The second-order valence-electron chi connectivity index (χ2n) is 5.97. The first-order valence-electron chi connectivity index (χ1n) is 7.93. The van der Waals surface area contributed by atoms with Crippen molar-refractivity contribution in [1.29, 1.82) is 0 Å². The normalized spacial score (nSPS) is 15.0. The van der Waals surface area contributed by atoms with Gasteiger partial charge in [-0.1, -0.05) is 0 Å². The van der Waals surface area contributed by atoms with Gasteiger partial charge in [0.05, 0.1) is 25.7 Å². The van der Waals surface area contributed by atoms with E-state index < -0.39 is 17.2 Å². The van der Waals surface area contributed by atoms with Gasteiger partial charge in [0.25, 0.3) is 5.56 Å². The number of ether oxygens (including phenoxy) is 2. The maximum absolute atomic E-state index is 12.6. The number of hydrogen-bond acceptors (Lipinski definition) is 6. The Morgan fingerprint density at radius 3 is 2.62 bits per heavy atom. The van der Waals surface area contributed by atoms with Crippen LogP contribution in [0.4, 0.5) is 11.6 Å². The van der Waals surface area contributed by atoms with Crippen LogP contribution in [0.5, 0.6) is 11.5 Å². The molecule has 0 saturated heterocycles. The zero-order valence-corrected chi connectivity index (χ0v) is 14.4. The highest BCUT2D eigenvalue weighted by molar-refractivity contribution is 5.72. The number of methoxy groups -OCH3 is 2. The standard InChI is InChI=1S/C17H17N5O4/c1-7-11-12(9-6-8(25-2)4-5-10(9)26-3)13-14(18-15(11)22-21-7)19-17(24)20-16(13)23/h4-6,12H,1-3H3,(H4,18,19,20,21,22,23,24). The fourth-order valence-electron chi connectivity index (χ4n) is 3.40. The first-order chi connectivity index (χ1) is 12.5. The van der Waals surface area contributed by atoms with Crippen molar-refractivity contribution < 1.29 is 9.47 Å². The maximum atomic E-state index is 12.6. The summed E-state index contributed by atoms with van der Waals surface area (Å²) in [5.41, 5.74) is 1.66. The number of aromatic nitrogens is 4. The predicted octanol–water partition coefficient (Wildman–Crippen LogP) is 1.35. The van der Waals surface area contributed by atoms with Gasteiger partial charge < -0.3 is 14.8 Å². The zero-order chi connectivity index (χ0) is 18.4. The van der Waals surface area contributed by atoms with Crippen molar-refractivity contribution in [2.24, 2.45) is 0 Å². The van der Waals surface area contributed by atoms with Crippen LogP contribution in [0.3, 0.4) is 0 Å². The molecule has 9 heteroatoms. The number of fused-ring (bicyclic) bond motifs is 2. The fourth-order valence-corrected chi connectivity index (χ4v) is 3.40. The predicted molar refractivity (Wildman–Crippen MR) is 94.8 cm³/mol. The molecule has 0 amide bonds. The van der Waals surface area contributed by atoms with Crippen molar-refractivity contribution in [2.45, 2.75) is 12.8 Å². The van der Waals surface area contributed by atoms with Crippen molar-refractivity contribution in [3.8, 4) is 11.5 Å². The minimum Gasteiger partial charge on any atom is -0.497 e.